The molecule has 1 amide bonds. The van der Waals surface area contributed by atoms with E-state index in [0.29, 0.717) is 4.88 Å². The monoisotopic (exact) mass is 317 g/mol. The first-order valence-electron chi connectivity index (χ1n) is 4.57. The van der Waals surface area contributed by atoms with Gasteiger partial charge in [-0.1, -0.05) is 22.0 Å². The predicted molar refractivity (Wildman–Crippen MR) is 66.3 cm³/mol. The van der Waals surface area contributed by atoms with Gasteiger partial charge in [0, 0.05) is 4.47 Å². The van der Waals surface area contributed by atoms with Crippen LogP contribution in [0.15, 0.2) is 34.1 Å². The molecule has 1 heterocycles. The molecule has 0 radical (unpaired) electrons. The van der Waals surface area contributed by atoms with Crippen LogP contribution < -0.4 is 5.32 Å². The summed E-state index contributed by atoms with van der Waals surface area (Å²) in [6.07, 6.45) is 0. The van der Waals surface area contributed by atoms with Gasteiger partial charge in [0.15, 0.2) is 11.6 Å². The van der Waals surface area contributed by atoms with Gasteiger partial charge in [-0.15, -0.1) is 11.3 Å². The zero-order chi connectivity index (χ0) is 12.4. The van der Waals surface area contributed by atoms with Crippen LogP contribution in [0.1, 0.15) is 9.67 Å². The standard InChI is InChI=1S/C11H6BrF2NOS/c12-6-4-7(13)10(8(14)5-6)15-11(16)9-2-1-3-17-9/h1-5H,(H,15,16). The van der Waals surface area contributed by atoms with E-state index in [0.717, 1.165) is 12.1 Å². The van der Waals surface area contributed by atoms with Crippen LogP contribution in [-0.2, 0) is 0 Å². The molecule has 1 N–H and O–H groups in total. The van der Waals surface area contributed by atoms with Gasteiger partial charge in [-0.3, -0.25) is 4.79 Å². The molecule has 0 spiro atoms. The highest BCUT2D eigenvalue weighted by Gasteiger charge is 2.15. The maximum absolute atomic E-state index is 13.4. The second-order valence-electron chi connectivity index (χ2n) is 3.18. The summed E-state index contributed by atoms with van der Waals surface area (Å²) >= 11 is 4.16. The molecule has 0 atom stereocenters. The van der Waals surface area contributed by atoms with Crippen LogP contribution in [0, 0.1) is 11.6 Å². The molecule has 6 heteroatoms. The topological polar surface area (TPSA) is 29.1 Å². The van der Waals surface area contributed by atoms with E-state index < -0.39 is 23.2 Å². The molecule has 0 aliphatic carbocycles. The van der Waals surface area contributed by atoms with Gasteiger partial charge < -0.3 is 5.32 Å². The van der Waals surface area contributed by atoms with Crippen LogP contribution in [0.5, 0.6) is 0 Å². The van der Waals surface area contributed by atoms with Crippen molar-refractivity contribution in [1.82, 2.24) is 0 Å². The second-order valence-corrected chi connectivity index (χ2v) is 5.04. The third-order valence-electron chi connectivity index (χ3n) is 1.99. The summed E-state index contributed by atoms with van der Waals surface area (Å²) in [6.45, 7) is 0. The SMILES string of the molecule is O=C(Nc1c(F)cc(Br)cc1F)c1cccs1. The van der Waals surface area contributed by atoms with Crippen molar-refractivity contribution in [1.29, 1.82) is 0 Å². The Balaban J connectivity index is 2.28. The number of rotatable bonds is 2. The number of nitrogens with one attached hydrogen (secondary N) is 1. The molecule has 1 aromatic heterocycles. The fourth-order valence-electron chi connectivity index (χ4n) is 1.24. The lowest BCUT2D eigenvalue weighted by molar-refractivity contribution is 0.102. The molecule has 2 rings (SSSR count). The van der Waals surface area contributed by atoms with Crippen molar-refractivity contribution in [2.24, 2.45) is 0 Å². The van der Waals surface area contributed by atoms with Gasteiger partial charge in [0.1, 0.15) is 5.69 Å². The molecule has 1 aromatic carbocycles. The Morgan fingerprint density at radius 3 is 2.47 bits per heavy atom. The fourth-order valence-corrected chi connectivity index (χ4v) is 2.27. The molecule has 0 aliphatic heterocycles. The molecule has 0 fully saturated rings. The average molecular weight is 318 g/mol. The van der Waals surface area contributed by atoms with E-state index in [9.17, 15) is 13.6 Å². The highest BCUT2D eigenvalue weighted by molar-refractivity contribution is 9.10. The van der Waals surface area contributed by atoms with Gasteiger partial charge in [-0.25, -0.2) is 8.78 Å². The number of halogens is 3. The number of anilines is 1. The number of hydrogen-bond acceptors (Lipinski definition) is 2. The van der Waals surface area contributed by atoms with Gasteiger partial charge in [0.2, 0.25) is 0 Å². The number of thiophene rings is 1. The highest BCUT2D eigenvalue weighted by Crippen LogP contribution is 2.24. The lowest BCUT2D eigenvalue weighted by atomic mass is 10.3. The van der Waals surface area contributed by atoms with Crippen molar-refractivity contribution in [2.75, 3.05) is 5.32 Å². The maximum Gasteiger partial charge on any atom is 0.265 e. The van der Waals surface area contributed by atoms with Crippen molar-refractivity contribution in [3.05, 3.63) is 50.6 Å². The lowest BCUT2D eigenvalue weighted by Crippen LogP contribution is -2.12. The summed E-state index contributed by atoms with van der Waals surface area (Å²) in [5.74, 6) is -2.16. The number of benzene rings is 1. The molecule has 0 bridgehead atoms. The number of carbonyl (C=O) groups excluding carboxylic acids is 1. The Hall–Kier alpha value is -1.27. The first kappa shape index (κ1) is 12.2. The van der Waals surface area contributed by atoms with Crippen molar-refractivity contribution < 1.29 is 13.6 Å². The molecule has 0 saturated carbocycles. The van der Waals surface area contributed by atoms with Crippen LogP contribution in [0.4, 0.5) is 14.5 Å². The van der Waals surface area contributed by atoms with E-state index >= 15 is 0 Å². The molecule has 2 nitrogen and oxygen atoms in total. The van der Waals surface area contributed by atoms with Crippen molar-refractivity contribution in [3.63, 3.8) is 0 Å². The maximum atomic E-state index is 13.4. The van der Waals surface area contributed by atoms with Crippen LogP contribution in [0.25, 0.3) is 0 Å². The number of hydrogen-bond donors (Lipinski definition) is 1. The van der Waals surface area contributed by atoms with Gasteiger partial charge >= 0.3 is 0 Å². The van der Waals surface area contributed by atoms with Crippen molar-refractivity contribution in [2.45, 2.75) is 0 Å². The van der Waals surface area contributed by atoms with Gasteiger partial charge in [0.25, 0.3) is 5.91 Å². The highest BCUT2D eigenvalue weighted by atomic mass is 79.9. The quantitative estimate of drug-likeness (QED) is 0.889. The van der Waals surface area contributed by atoms with Gasteiger partial charge in [0.05, 0.1) is 4.88 Å². The molecule has 0 saturated heterocycles. The first-order valence-corrected chi connectivity index (χ1v) is 6.24. The third-order valence-corrected chi connectivity index (χ3v) is 3.32. The Kier molecular flexibility index (Phi) is 3.54. The van der Waals surface area contributed by atoms with E-state index in [1.807, 2.05) is 0 Å². The molecule has 2 aromatic rings. The zero-order valence-electron chi connectivity index (χ0n) is 8.34. The molecule has 0 aliphatic rings. The van der Waals surface area contributed by atoms with Crippen LogP contribution >= 0.6 is 27.3 Å². The Morgan fingerprint density at radius 1 is 1.29 bits per heavy atom. The van der Waals surface area contributed by atoms with E-state index in [1.54, 1.807) is 17.5 Å². The third kappa shape index (κ3) is 2.70. The summed E-state index contributed by atoms with van der Waals surface area (Å²) in [4.78, 5) is 12.0. The number of amides is 1. The lowest BCUT2D eigenvalue weighted by Gasteiger charge is -2.06. The van der Waals surface area contributed by atoms with Crippen molar-refractivity contribution in [3.8, 4) is 0 Å². The zero-order valence-corrected chi connectivity index (χ0v) is 10.7. The summed E-state index contributed by atoms with van der Waals surface area (Å²) in [5.41, 5.74) is -0.438. The van der Waals surface area contributed by atoms with Crippen LogP contribution in [0.2, 0.25) is 0 Å². The average Bonchev–Trinajstić information content (AvgIpc) is 2.76. The minimum atomic E-state index is -0.818. The van der Waals surface area contributed by atoms with E-state index in [2.05, 4.69) is 21.2 Å². The summed E-state index contributed by atoms with van der Waals surface area (Å²) in [6, 6.07) is 5.45. The van der Waals surface area contributed by atoms with E-state index in [4.69, 9.17) is 0 Å². The van der Waals surface area contributed by atoms with Crippen molar-refractivity contribution >= 4 is 38.9 Å². The molecule has 17 heavy (non-hydrogen) atoms. The van der Waals surface area contributed by atoms with Gasteiger partial charge in [-0.05, 0) is 23.6 Å². The molecular formula is C11H6BrF2NOS. The summed E-state index contributed by atoms with van der Waals surface area (Å²) < 4.78 is 27.1. The van der Waals surface area contributed by atoms with Gasteiger partial charge in [-0.2, -0.15) is 0 Å². The van der Waals surface area contributed by atoms with Crippen LogP contribution in [0.3, 0.4) is 0 Å². The minimum Gasteiger partial charge on any atom is -0.316 e. The number of carbonyl (C=O) groups is 1. The van der Waals surface area contributed by atoms with E-state index in [-0.39, 0.29) is 4.47 Å². The predicted octanol–water partition coefficient (Wildman–Crippen LogP) is 4.04. The van der Waals surface area contributed by atoms with E-state index in [1.165, 1.54) is 11.3 Å². The molecule has 88 valence electrons. The van der Waals surface area contributed by atoms with Crippen LogP contribution in [-0.4, -0.2) is 5.91 Å². The smallest absolute Gasteiger partial charge is 0.265 e. The molecule has 0 unspecified atom stereocenters. The normalized spacial score (nSPS) is 10.3. The largest absolute Gasteiger partial charge is 0.316 e. The first-order chi connectivity index (χ1) is 8.08. The molecular weight excluding hydrogens is 312 g/mol. The minimum absolute atomic E-state index is 0.279. The Labute approximate surface area is 108 Å². The summed E-state index contributed by atoms with van der Waals surface area (Å²) in [7, 11) is 0. The Bertz CT molecular complexity index is 534. The Morgan fingerprint density at radius 2 is 1.94 bits per heavy atom. The second kappa shape index (κ2) is 4.93. The summed E-state index contributed by atoms with van der Waals surface area (Å²) in [5, 5.41) is 3.92. The fraction of sp³-hybridized carbons (Fsp3) is 0.